The van der Waals surface area contributed by atoms with Crippen LogP contribution >= 0.6 is 0 Å². The molecular weight excluding hydrogens is 496 g/mol. The Labute approximate surface area is 224 Å². The van der Waals surface area contributed by atoms with Gasteiger partial charge in [0.2, 0.25) is 0 Å². The van der Waals surface area contributed by atoms with Crippen LogP contribution in [0.25, 0.3) is 5.69 Å². The van der Waals surface area contributed by atoms with E-state index in [-0.39, 0.29) is 10.8 Å². The summed E-state index contributed by atoms with van der Waals surface area (Å²) in [5.74, 6) is -0.389. The number of benzene rings is 3. The number of aromatic nitrogens is 1. The quantitative estimate of drug-likeness (QED) is 0.250. The zero-order chi connectivity index (χ0) is 27.6. The Morgan fingerprint density at radius 2 is 1.53 bits per heavy atom. The average Bonchev–Trinajstić information content (AvgIpc) is 3.18. The van der Waals surface area contributed by atoms with E-state index < -0.39 is 10.0 Å². The number of hydrogen-bond donors (Lipinski definition) is 1. The Morgan fingerprint density at radius 3 is 2.16 bits per heavy atom. The lowest BCUT2D eigenvalue weighted by atomic mass is 10.1. The van der Waals surface area contributed by atoms with Gasteiger partial charge in [0.1, 0.15) is 0 Å². The minimum absolute atomic E-state index is 0.207. The molecule has 8 heteroatoms. The van der Waals surface area contributed by atoms with Crippen LogP contribution in [0.2, 0.25) is 0 Å². The van der Waals surface area contributed by atoms with Crippen molar-refractivity contribution in [1.82, 2.24) is 9.99 Å². The smallest absolute Gasteiger partial charge is 0.271 e. The second-order valence-electron chi connectivity index (χ2n) is 9.46. The van der Waals surface area contributed by atoms with Gasteiger partial charge < -0.3 is 4.57 Å². The van der Waals surface area contributed by atoms with Gasteiger partial charge in [-0.25, -0.2) is 13.8 Å². The van der Waals surface area contributed by atoms with E-state index in [1.54, 1.807) is 54.7 Å². The van der Waals surface area contributed by atoms with Crippen molar-refractivity contribution in [3.05, 3.63) is 112 Å². The molecule has 4 aromatic rings. The number of aryl methyl sites for hydroxylation is 4. The van der Waals surface area contributed by atoms with Crippen molar-refractivity contribution >= 4 is 27.8 Å². The fraction of sp³-hybridized carbons (Fsp3) is 0.200. The van der Waals surface area contributed by atoms with E-state index in [0.717, 1.165) is 28.2 Å². The second-order valence-corrected chi connectivity index (χ2v) is 11.4. The normalized spacial score (nSPS) is 11.6. The molecule has 3 aromatic carbocycles. The molecule has 0 fully saturated rings. The number of anilines is 1. The first-order chi connectivity index (χ1) is 18.0. The minimum Gasteiger partial charge on any atom is -0.318 e. The Morgan fingerprint density at radius 1 is 0.868 bits per heavy atom. The van der Waals surface area contributed by atoms with E-state index in [9.17, 15) is 13.2 Å². The lowest BCUT2D eigenvalue weighted by Gasteiger charge is -2.19. The Hall–Kier alpha value is -4.17. The molecule has 4 rings (SSSR count). The highest BCUT2D eigenvalue weighted by atomic mass is 32.2. The predicted octanol–water partition coefficient (Wildman–Crippen LogP) is 5.61. The van der Waals surface area contributed by atoms with Gasteiger partial charge in [0.15, 0.2) is 0 Å². The van der Waals surface area contributed by atoms with Crippen molar-refractivity contribution in [3.8, 4) is 5.69 Å². The number of nitrogens with zero attached hydrogens (tertiary/aromatic N) is 3. The summed E-state index contributed by atoms with van der Waals surface area (Å²) in [7, 11) is -2.22. The van der Waals surface area contributed by atoms with Gasteiger partial charge >= 0.3 is 0 Å². The van der Waals surface area contributed by atoms with Crippen LogP contribution in [0.5, 0.6) is 0 Å². The second kappa shape index (κ2) is 10.7. The highest BCUT2D eigenvalue weighted by molar-refractivity contribution is 7.92. The third-order valence-corrected chi connectivity index (χ3v) is 8.56. The highest BCUT2D eigenvalue weighted by Gasteiger charge is 2.21. The molecule has 0 aliphatic carbocycles. The van der Waals surface area contributed by atoms with Crippen LogP contribution in [-0.2, 0) is 10.0 Å². The Kier molecular flexibility index (Phi) is 7.55. The molecule has 7 nitrogen and oxygen atoms in total. The van der Waals surface area contributed by atoms with Crippen LogP contribution in [-0.4, -0.2) is 32.2 Å². The number of nitrogens with one attached hydrogen (secondary N) is 1. The van der Waals surface area contributed by atoms with Crippen LogP contribution in [0.3, 0.4) is 0 Å². The zero-order valence-corrected chi connectivity index (χ0v) is 23.3. The first kappa shape index (κ1) is 26.9. The number of hydrogen-bond acceptors (Lipinski definition) is 4. The molecule has 0 saturated heterocycles. The summed E-state index contributed by atoms with van der Waals surface area (Å²) in [6.45, 7) is 10.1. The summed E-state index contributed by atoms with van der Waals surface area (Å²) in [6, 6.07) is 21.4. The Bertz CT molecular complexity index is 1620. The number of carbonyl (C=O) groups excluding carboxylic acids is 1. The molecule has 0 saturated carbocycles. The molecule has 38 heavy (non-hydrogen) atoms. The summed E-state index contributed by atoms with van der Waals surface area (Å²) in [5, 5.41) is 4.16. The predicted molar refractivity (Wildman–Crippen MR) is 153 cm³/mol. The summed E-state index contributed by atoms with van der Waals surface area (Å²) < 4.78 is 29.2. The molecule has 196 valence electrons. The molecule has 0 spiro atoms. The molecular formula is C30H32N4O3S. The van der Waals surface area contributed by atoms with Crippen LogP contribution in [0, 0.1) is 34.6 Å². The van der Waals surface area contributed by atoms with Gasteiger partial charge in [-0.05, 0) is 100 Å². The number of carbonyl (C=O) groups is 1. The molecule has 0 aliphatic rings. The third-order valence-electron chi connectivity index (χ3n) is 6.76. The van der Waals surface area contributed by atoms with Gasteiger partial charge in [0.05, 0.1) is 16.8 Å². The van der Waals surface area contributed by atoms with Gasteiger partial charge in [-0.3, -0.25) is 9.10 Å². The number of hydrazone groups is 1. The first-order valence-corrected chi connectivity index (χ1v) is 13.7. The molecule has 0 radical (unpaired) electrons. The topological polar surface area (TPSA) is 83.8 Å². The summed E-state index contributed by atoms with van der Waals surface area (Å²) in [6.07, 6.45) is 1.63. The van der Waals surface area contributed by atoms with Gasteiger partial charge in [-0.15, -0.1) is 0 Å². The molecule has 1 amide bonds. The molecule has 0 atom stereocenters. The van der Waals surface area contributed by atoms with E-state index in [1.165, 1.54) is 22.5 Å². The summed E-state index contributed by atoms with van der Waals surface area (Å²) in [5.41, 5.74) is 10.9. The van der Waals surface area contributed by atoms with Crippen molar-refractivity contribution < 1.29 is 13.2 Å². The van der Waals surface area contributed by atoms with Crippen LogP contribution in [0.15, 0.2) is 82.8 Å². The monoisotopic (exact) mass is 528 g/mol. The highest BCUT2D eigenvalue weighted by Crippen LogP contribution is 2.24. The average molecular weight is 529 g/mol. The molecule has 0 unspecified atom stereocenters. The number of amides is 1. The Balaban J connectivity index is 1.45. The van der Waals surface area contributed by atoms with Crippen molar-refractivity contribution in [1.29, 1.82) is 0 Å². The lowest BCUT2D eigenvalue weighted by molar-refractivity contribution is 0.0955. The van der Waals surface area contributed by atoms with Gasteiger partial charge in [0.25, 0.3) is 15.9 Å². The summed E-state index contributed by atoms with van der Waals surface area (Å²) in [4.78, 5) is 12.9. The van der Waals surface area contributed by atoms with Crippen molar-refractivity contribution in [2.75, 3.05) is 11.4 Å². The molecule has 1 aromatic heterocycles. The third kappa shape index (κ3) is 5.40. The zero-order valence-electron chi connectivity index (χ0n) is 22.5. The van der Waals surface area contributed by atoms with E-state index in [4.69, 9.17) is 0 Å². The van der Waals surface area contributed by atoms with E-state index >= 15 is 0 Å². The van der Waals surface area contributed by atoms with Crippen molar-refractivity contribution in [2.24, 2.45) is 5.10 Å². The largest absolute Gasteiger partial charge is 0.318 e. The molecule has 1 N–H and O–H groups in total. The van der Waals surface area contributed by atoms with Gasteiger partial charge in [-0.2, -0.15) is 5.10 Å². The molecule has 1 heterocycles. The molecule has 0 bridgehead atoms. The number of sulfonamides is 1. The molecule has 0 aliphatic heterocycles. The van der Waals surface area contributed by atoms with Crippen LogP contribution in [0.1, 0.15) is 44.0 Å². The number of rotatable bonds is 7. The maximum atomic E-state index is 12.9. The van der Waals surface area contributed by atoms with Crippen LogP contribution < -0.4 is 9.73 Å². The minimum atomic E-state index is -3.71. The SMILES string of the molecule is Cc1ccc(S(=O)(=O)N(C)c2ccc(C(=O)NN=Cc3cc(C)n(-c4ccc(C)c(C)c4)c3C)cc2)cc1. The summed E-state index contributed by atoms with van der Waals surface area (Å²) >= 11 is 0. The van der Waals surface area contributed by atoms with Crippen LogP contribution in [0.4, 0.5) is 5.69 Å². The lowest BCUT2D eigenvalue weighted by Crippen LogP contribution is -2.26. The van der Waals surface area contributed by atoms with Crippen molar-refractivity contribution in [2.45, 2.75) is 39.5 Å². The van der Waals surface area contributed by atoms with Gasteiger partial charge in [-0.1, -0.05) is 23.8 Å². The fourth-order valence-corrected chi connectivity index (χ4v) is 5.43. The first-order valence-electron chi connectivity index (χ1n) is 12.2. The van der Waals surface area contributed by atoms with E-state index in [0.29, 0.717) is 11.3 Å². The maximum absolute atomic E-state index is 12.9. The van der Waals surface area contributed by atoms with Crippen molar-refractivity contribution in [3.63, 3.8) is 0 Å². The maximum Gasteiger partial charge on any atom is 0.271 e. The van der Waals surface area contributed by atoms with E-state index in [2.05, 4.69) is 47.1 Å². The standard InChI is InChI=1S/C30H32N4O3S/c1-20-7-15-29(16-8-20)38(36,37)33(6)27-13-10-25(11-14-27)30(35)32-31-19-26-18-23(4)34(24(26)5)28-12-9-21(2)22(3)17-28/h7-19H,1-6H3,(H,32,35). The van der Waals surface area contributed by atoms with E-state index in [1.807, 2.05) is 26.8 Å². The fourth-order valence-electron chi connectivity index (χ4n) is 4.24. The van der Waals surface area contributed by atoms with Gasteiger partial charge in [0, 0.05) is 35.2 Å².